The number of allylic oxidation sites excluding steroid dienone is 1. The molecule has 0 aliphatic heterocycles. The van der Waals surface area contributed by atoms with Gasteiger partial charge in [-0.1, -0.05) is 19.8 Å². The fourth-order valence-corrected chi connectivity index (χ4v) is 0.757. The van der Waals surface area contributed by atoms with Crippen LogP contribution in [0.15, 0.2) is 12.3 Å². The molecular formula is C9H15N. The van der Waals surface area contributed by atoms with Gasteiger partial charge in [0.1, 0.15) is 0 Å². The summed E-state index contributed by atoms with van der Waals surface area (Å²) in [5.41, 5.74) is 0. The van der Waals surface area contributed by atoms with Crippen LogP contribution in [-0.4, -0.2) is 6.04 Å². The molecule has 0 unspecified atom stereocenters. The van der Waals surface area contributed by atoms with E-state index in [-0.39, 0.29) is 0 Å². The summed E-state index contributed by atoms with van der Waals surface area (Å²) in [6.07, 6.45) is 10.8. The number of nitrogens with one attached hydrogen (secondary N) is 1. The van der Waals surface area contributed by atoms with Gasteiger partial charge in [0, 0.05) is 18.3 Å². The molecule has 0 saturated heterocycles. The molecule has 0 aliphatic carbocycles. The third kappa shape index (κ3) is 4.03. The molecule has 0 radical (unpaired) electrons. The van der Waals surface area contributed by atoms with Crippen molar-refractivity contribution in [2.75, 3.05) is 0 Å². The second kappa shape index (κ2) is 6.22. The summed E-state index contributed by atoms with van der Waals surface area (Å²) in [5.74, 6) is 2.43. The first-order chi connectivity index (χ1) is 4.85. The summed E-state index contributed by atoms with van der Waals surface area (Å²) in [6.45, 7) is 4.32. The highest BCUT2D eigenvalue weighted by Gasteiger charge is 1.96. The first-order valence-corrected chi connectivity index (χ1v) is 3.72. The van der Waals surface area contributed by atoms with Crippen LogP contribution in [0.25, 0.3) is 0 Å². The Labute approximate surface area is 63.5 Å². The van der Waals surface area contributed by atoms with Crippen molar-refractivity contribution in [3.8, 4) is 12.3 Å². The first kappa shape index (κ1) is 9.10. The van der Waals surface area contributed by atoms with Crippen LogP contribution < -0.4 is 5.32 Å². The molecule has 0 rings (SSSR count). The predicted molar refractivity (Wildman–Crippen MR) is 45.5 cm³/mol. The minimum absolute atomic E-state index is 0.574. The Morgan fingerprint density at radius 1 is 1.50 bits per heavy atom. The molecule has 1 N–H and O–H groups in total. The first-order valence-electron chi connectivity index (χ1n) is 3.72. The third-order valence-corrected chi connectivity index (χ3v) is 1.50. The molecule has 1 nitrogen and oxygen atoms in total. The second-order valence-electron chi connectivity index (χ2n) is 2.18. The molecular weight excluding hydrogens is 122 g/mol. The SMILES string of the molecule is C#C/C=C/NC(CC)CC. The predicted octanol–water partition coefficient (Wildman–Crippen LogP) is 1.91. The van der Waals surface area contributed by atoms with E-state index in [4.69, 9.17) is 6.42 Å². The molecule has 0 aromatic rings. The van der Waals surface area contributed by atoms with Crippen LogP contribution in [0.2, 0.25) is 0 Å². The monoisotopic (exact) mass is 137 g/mol. The van der Waals surface area contributed by atoms with Crippen molar-refractivity contribution in [1.82, 2.24) is 5.32 Å². The minimum Gasteiger partial charge on any atom is -0.388 e. The standard InChI is InChI=1S/C9H15N/c1-4-7-8-10-9(5-2)6-3/h1,7-10H,5-6H2,2-3H3/b8-7+. The van der Waals surface area contributed by atoms with Crippen molar-refractivity contribution in [2.24, 2.45) is 0 Å². The van der Waals surface area contributed by atoms with Crippen molar-refractivity contribution in [3.63, 3.8) is 0 Å². The van der Waals surface area contributed by atoms with E-state index in [1.54, 1.807) is 6.08 Å². The lowest BCUT2D eigenvalue weighted by molar-refractivity contribution is 0.551. The largest absolute Gasteiger partial charge is 0.388 e. The van der Waals surface area contributed by atoms with Crippen molar-refractivity contribution in [3.05, 3.63) is 12.3 Å². The molecule has 0 aromatic carbocycles. The van der Waals surface area contributed by atoms with Gasteiger partial charge in [-0.05, 0) is 12.8 Å². The third-order valence-electron chi connectivity index (χ3n) is 1.50. The van der Waals surface area contributed by atoms with Gasteiger partial charge in [0.25, 0.3) is 0 Å². The van der Waals surface area contributed by atoms with Crippen LogP contribution in [0.4, 0.5) is 0 Å². The van der Waals surface area contributed by atoms with Gasteiger partial charge in [-0.25, -0.2) is 0 Å². The van der Waals surface area contributed by atoms with E-state index in [0.717, 1.165) is 12.8 Å². The van der Waals surface area contributed by atoms with Crippen molar-refractivity contribution in [1.29, 1.82) is 0 Å². The molecule has 0 spiro atoms. The quantitative estimate of drug-likeness (QED) is 0.584. The second-order valence-corrected chi connectivity index (χ2v) is 2.18. The lowest BCUT2D eigenvalue weighted by Crippen LogP contribution is -2.21. The molecule has 0 amide bonds. The highest BCUT2D eigenvalue weighted by molar-refractivity contribution is 5.08. The van der Waals surface area contributed by atoms with Crippen LogP contribution in [0.5, 0.6) is 0 Å². The van der Waals surface area contributed by atoms with Gasteiger partial charge in [0.05, 0.1) is 0 Å². The number of rotatable bonds is 4. The molecule has 0 aliphatic rings. The van der Waals surface area contributed by atoms with E-state index in [9.17, 15) is 0 Å². The summed E-state index contributed by atoms with van der Waals surface area (Å²) in [5, 5.41) is 3.20. The molecule has 0 bridgehead atoms. The zero-order valence-electron chi connectivity index (χ0n) is 6.72. The van der Waals surface area contributed by atoms with Crippen LogP contribution in [0.1, 0.15) is 26.7 Å². The van der Waals surface area contributed by atoms with Crippen LogP contribution in [-0.2, 0) is 0 Å². The summed E-state index contributed by atoms with van der Waals surface area (Å²) in [7, 11) is 0. The van der Waals surface area contributed by atoms with E-state index < -0.39 is 0 Å². The maximum atomic E-state index is 5.02. The van der Waals surface area contributed by atoms with E-state index in [0.29, 0.717) is 6.04 Å². The molecule has 0 heterocycles. The number of hydrogen-bond acceptors (Lipinski definition) is 1. The van der Waals surface area contributed by atoms with Crippen LogP contribution >= 0.6 is 0 Å². The minimum atomic E-state index is 0.574. The molecule has 10 heavy (non-hydrogen) atoms. The van der Waals surface area contributed by atoms with Gasteiger partial charge in [0.15, 0.2) is 0 Å². The number of hydrogen-bond donors (Lipinski definition) is 1. The molecule has 56 valence electrons. The van der Waals surface area contributed by atoms with Gasteiger partial charge < -0.3 is 5.32 Å². The maximum Gasteiger partial charge on any atom is 0.0250 e. The highest BCUT2D eigenvalue weighted by Crippen LogP contribution is 1.94. The topological polar surface area (TPSA) is 12.0 Å². The lowest BCUT2D eigenvalue weighted by atomic mass is 10.2. The van der Waals surface area contributed by atoms with Gasteiger partial charge >= 0.3 is 0 Å². The van der Waals surface area contributed by atoms with Crippen LogP contribution in [0.3, 0.4) is 0 Å². The normalized spacial score (nSPS) is 10.2. The fourth-order valence-electron chi connectivity index (χ4n) is 0.757. The summed E-state index contributed by atoms with van der Waals surface area (Å²) in [6, 6.07) is 0.574. The molecule has 0 aromatic heterocycles. The molecule has 1 heteroatoms. The lowest BCUT2D eigenvalue weighted by Gasteiger charge is -2.10. The van der Waals surface area contributed by atoms with Crippen molar-refractivity contribution >= 4 is 0 Å². The Balaban J connectivity index is 3.46. The smallest absolute Gasteiger partial charge is 0.0250 e. The molecule has 0 fully saturated rings. The Hall–Kier alpha value is -0.900. The highest BCUT2D eigenvalue weighted by atomic mass is 14.9. The Morgan fingerprint density at radius 3 is 2.50 bits per heavy atom. The van der Waals surface area contributed by atoms with E-state index >= 15 is 0 Å². The van der Waals surface area contributed by atoms with Gasteiger partial charge in [-0.3, -0.25) is 0 Å². The maximum absolute atomic E-state index is 5.02. The molecule has 0 atom stereocenters. The average molecular weight is 137 g/mol. The summed E-state index contributed by atoms with van der Waals surface area (Å²) < 4.78 is 0. The van der Waals surface area contributed by atoms with E-state index in [1.807, 2.05) is 6.20 Å². The zero-order chi connectivity index (χ0) is 7.82. The Morgan fingerprint density at radius 2 is 2.10 bits per heavy atom. The van der Waals surface area contributed by atoms with Crippen LogP contribution in [0, 0.1) is 12.3 Å². The average Bonchev–Trinajstić information content (AvgIpc) is 1.99. The van der Waals surface area contributed by atoms with E-state index in [2.05, 4.69) is 25.1 Å². The van der Waals surface area contributed by atoms with Gasteiger partial charge in [-0.2, -0.15) is 0 Å². The Kier molecular flexibility index (Phi) is 5.66. The fraction of sp³-hybridized carbons (Fsp3) is 0.556. The van der Waals surface area contributed by atoms with E-state index in [1.165, 1.54) is 0 Å². The molecule has 0 saturated carbocycles. The number of terminal acetylenes is 1. The summed E-state index contributed by atoms with van der Waals surface area (Å²) >= 11 is 0. The summed E-state index contributed by atoms with van der Waals surface area (Å²) in [4.78, 5) is 0. The van der Waals surface area contributed by atoms with Gasteiger partial charge in [-0.15, -0.1) is 6.42 Å². The Bertz CT molecular complexity index is 126. The zero-order valence-corrected chi connectivity index (χ0v) is 6.72. The van der Waals surface area contributed by atoms with Crippen molar-refractivity contribution in [2.45, 2.75) is 32.7 Å². The van der Waals surface area contributed by atoms with Crippen molar-refractivity contribution < 1.29 is 0 Å². The van der Waals surface area contributed by atoms with Gasteiger partial charge in [0.2, 0.25) is 0 Å².